The molecule has 0 aliphatic heterocycles. The summed E-state index contributed by atoms with van der Waals surface area (Å²) in [6.45, 7) is 6.67. The van der Waals surface area contributed by atoms with Crippen LogP contribution in [0, 0.1) is 0 Å². The minimum atomic E-state index is -0.285. The van der Waals surface area contributed by atoms with Crippen LogP contribution in [0.15, 0.2) is 36.9 Å². The second kappa shape index (κ2) is 12.7. The Labute approximate surface area is 140 Å². The lowest BCUT2D eigenvalue weighted by molar-refractivity contribution is 0.0526. The standard InChI is InChI=1S/C20H30O3/c1-3-5-6-7-8-9-10-11-12-17-23-19-15-13-18(14-16-19)20(21)22-4-2/h3,13-16H,1,4-12,17H2,2H3. The average Bonchev–Trinajstić information content (AvgIpc) is 2.57. The Morgan fingerprint density at radius 1 is 1.00 bits per heavy atom. The lowest BCUT2D eigenvalue weighted by Gasteiger charge is -2.07. The van der Waals surface area contributed by atoms with Gasteiger partial charge in [0.2, 0.25) is 0 Å². The van der Waals surface area contributed by atoms with Crippen LogP contribution < -0.4 is 4.74 Å². The fourth-order valence-electron chi connectivity index (χ4n) is 2.37. The number of hydrogen-bond donors (Lipinski definition) is 0. The Bertz CT molecular complexity index is 437. The van der Waals surface area contributed by atoms with Gasteiger partial charge in [0, 0.05) is 0 Å². The molecule has 3 nitrogen and oxygen atoms in total. The normalized spacial score (nSPS) is 10.3. The highest BCUT2D eigenvalue weighted by Crippen LogP contribution is 2.14. The molecule has 0 N–H and O–H groups in total. The predicted molar refractivity (Wildman–Crippen MR) is 95.0 cm³/mol. The van der Waals surface area contributed by atoms with Gasteiger partial charge in [-0.25, -0.2) is 4.79 Å². The number of ether oxygens (including phenoxy) is 2. The van der Waals surface area contributed by atoms with Gasteiger partial charge in [-0.05, 0) is 50.5 Å². The van der Waals surface area contributed by atoms with E-state index in [-0.39, 0.29) is 5.97 Å². The van der Waals surface area contributed by atoms with Crippen molar-refractivity contribution in [2.24, 2.45) is 0 Å². The minimum absolute atomic E-state index is 0.285. The molecule has 0 aliphatic carbocycles. The number of rotatable bonds is 13. The van der Waals surface area contributed by atoms with Gasteiger partial charge in [-0.1, -0.05) is 38.2 Å². The molecule has 1 aromatic rings. The van der Waals surface area contributed by atoms with Crippen LogP contribution in [0.4, 0.5) is 0 Å². The molecule has 0 heterocycles. The summed E-state index contributed by atoms with van der Waals surface area (Å²) in [5.74, 6) is 0.523. The van der Waals surface area contributed by atoms with E-state index < -0.39 is 0 Å². The van der Waals surface area contributed by atoms with Crippen LogP contribution in [0.3, 0.4) is 0 Å². The second-order valence-electron chi connectivity index (χ2n) is 5.65. The van der Waals surface area contributed by atoms with Gasteiger partial charge in [0.15, 0.2) is 0 Å². The van der Waals surface area contributed by atoms with E-state index in [9.17, 15) is 4.79 Å². The SMILES string of the molecule is C=CCCCCCCCCCOc1ccc(C(=O)OCC)cc1. The molecule has 0 saturated heterocycles. The molecule has 0 spiro atoms. The van der Waals surface area contributed by atoms with Gasteiger partial charge in [-0.3, -0.25) is 0 Å². The van der Waals surface area contributed by atoms with Crippen LogP contribution in [0.1, 0.15) is 68.6 Å². The summed E-state index contributed by atoms with van der Waals surface area (Å²) in [6, 6.07) is 7.14. The van der Waals surface area contributed by atoms with E-state index in [0.717, 1.165) is 25.2 Å². The van der Waals surface area contributed by atoms with Gasteiger partial charge < -0.3 is 9.47 Å². The van der Waals surface area contributed by atoms with Crippen molar-refractivity contribution < 1.29 is 14.3 Å². The van der Waals surface area contributed by atoms with Crippen LogP contribution in [-0.2, 0) is 4.74 Å². The molecular formula is C20H30O3. The second-order valence-corrected chi connectivity index (χ2v) is 5.65. The van der Waals surface area contributed by atoms with Crippen molar-refractivity contribution in [3.8, 4) is 5.75 Å². The molecule has 128 valence electrons. The number of carbonyl (C=O) groups is 1. The van der Waals surface area contributed by atoms with E-state index in [1.165, 1.54) is 38.5 Å². The molecule has 23 heavy (non-hydrogen) atoms. The van der Waals surface area contributed by atoms with Crippen molar-refractivity contribution in [3.63, 3.8) is 0 Å². The molecule has 0 aromatic heterocycles. The van der Waals surface area contributed by atoms with Crippen LogP contribution >= 0.6 is 0 Å². The van der Waals surface area contributed by atoms with E-state index in [1.807, 2.05) is 18.2 Å². The molecule has 0 bridgehead atoms. The zero-order valence-corrected chi connectivity index (χ0v) is 14.4. The van der Waals surface area contributed by atoms with E-state index in [1.54, 1.807) is 19.1 Å². The summed E-state index contributed by atoms with van der Waals surface area (Å²) in [7, 11) is 0. The lowest BCUT2D eigenvalue weighted by atomic mass is 10.1. The highest BCUT2D eigenvalue weighted by molar-refractivity contribution is 5.89. The molecule has 0 unspecified atom stereocenters. The number of benzene rings is 1. The predicted octanol–water partition coefficient (Wildman–Crippen LogP) is 5.55. The molecule has 0 amide bonds. The van der Waals surface area contributed by atoms with Crippen LogP contribution in [0.2, 0.25) is 0 Å². The Hall–Kier alpha value is -1.77. The summed E-state index contributed by atoms with van der Waals surface area (Å²) in [6.07, 6.45) is 11.9. The molecule has 1 rings (SSSR count). The van der Waals surface area contributed by atoms with Gasteiger partial charge in [0.25, 0.3) is 0 Å². The highest BCUT2D eigenvalue weighted by Gasteiger charge is 2.05. The van der Waals surface area contributed by atoms with Crippen molar-refractivity contribution in [1.29, 1.82) is 0 Å². The largest absolute Gasteiger partial charge is 0.494 e. The van der Waals surface area contributed by atoms with Gasteiger partial charge in [-0.15, -0.1) is 6.58 Å². The molecule has 0 atom stereocenters. The summed E-state index contributed by atoms with van der Waals surface area (Å²) in [5.41, 5.74) is 0.565. The first kappa shape index (κ1) is 19.3. The Kier molecular flexibility index (Phi) is 10.7. The molecule has 0 radical (unpaired) electrons. The first-order valence-corrected chi connectivity index (χ1v) is 8.78. The van der Waals surface area contributed by atoms with E-state index in [4.69, 9.17) is 9.47 Å². The fraction of sp³-hybridized carbons (Fsp3) is 0.550. The maximum absolute atomic E-state index is 11.5. The highest BCUT2D eigenvalue weighted by atomic mass is 16.5. The monoisotopic (exact) mass is 318 g/mol. The molecule has 3 heteroatoms. The van der Waals surface area contributed by atoms with Crippen LogP contribution in [0.25, 0.3) is 0 Å². The summed E-state index contributed by atoms with van der Waals surface area (Å²) in [4.78, 5) is 11.5. The first-order chi connectivity index (χ1) is 11.3. The van der Waals surface area contributed by atoms with E-state index >= 15 is 0 Å². The number of carbonyl (C=O) groups excluding carboxylic acids is 1. The first-order valence-electron chi connectivity index (χ1n) is 8.78. The zero-order valence-electron chi connectivity index (χ0n) is 14.4. The zero-order chi connectivity index (χ0) is 16.8. The number of unbranched alkanes of at least 4 members (excludes halogenated alkanes) is 7. The Morgan fingerprint density at radius 2 is 1.61 bits per heavy atom. The van der Waals surface area contributed by atoms with E-state index in [2.05, 4.69) is 6.58 Å². The van der Waals surface area contributed by atoms with Gasteiger partial charge in [0.1, 0.15) is 5.75 Å². The number of esters is 1. The Morgan fingerprint density at radius 3 is 2.22 bits per heavy atom. The molecule has 0 aliphatic rings. The molecule has 0 fully saturated rings. The third-order valence-electron chi connectivity index (χ3n) is 3.69. The molecular weight excluding hydrogens is 288 g/mol. The maximum atomic E-state index is 11.5. The van der Waals surface area contributed by atoms with Gasteiger partial charge in [0.05, 0.1) is 18.8 Å². The Balaban J connectivity index is 2.05. The summed E-state index contributed by atoms with van der Waals surface area (Å²) >= 11 is 0. The van der Waals surface area contributed by atoms with Gasteiger partial charge >= 0.3 is 5.97 Å². The van der Waals surface area contributed by atoms with Crippen LogP contribution in [-0.4, -0.2) is 19.2 Å². The van der Waals surface area contributed by atoms with Crippen LogP contribution in [0.5, 0.6) is 5.75 Å². The third-order valence-corrected chi connectivity index (χ3v) is 3.69. The van der Waals surface area contributed by atoms with E-state index in [0.29, 0.717) is 12.2 Å². The average molecular weight is 318 g/mol. The third kappa shape index (κ3) is 9.07. The summed E-state index contributed by atoms with van der Waals surface area (Å²) < 4.78 is 10.6. The topological polar surface area (TPSA) is 35.5 Å². The van der Waals surface area contributed by atoms with Crippen molar-refractivity contribution in [1.82, 2.24) is 0 Å². The minimum Gasteiger partial charge on any atom is -0.494 e. The fourth-order valence-corrected chi connectivity index (χ4v) is 2.37. The lowest BCUT2D eigenvalue weighted by Crippen LogP contribution is -2.04. The summed E-state index contributed by atoms with van der Waals surface area (Å²) in [5, 5.41) is 0. The smallest absolute Gasteiger partial charge is 0.338 e. The van der Waals surface area contributed by atoms with Crippen molar-refractivity contribution in [2.75, 3.05) is 13.2 Å². The molecule has 0 saturated carbocycles. The maximum Gasteiger partial charge on any atom is 0.338 e. The molecule has 1 aromatic carbocycles. The van der Waals surface area contributed by atoms with Gasteiger partial charge in [-0.2, -0.15) is 0 Å². The van der Waals surface area contributed by atoms with Crippen molar-refractivity contribution >= 4 is 5.97 Å². The number of hydrogen-bond acceptors (Lipinski definition) is 3. The van der Waals surface area contributed by atoms with Crippen molar-refractivity contribution in [2.45, 2.75) is 58.3 Å². The quantitative estimate of drug-likeness (QED) is 0.272. The number of allylic oxidation sites excluding steroid dienone is 1. The van der Waals surface area contributed by atoms with Crippen molar-refractivity contribution in [3.05, 3.63) is 42.5 Å².